The maximum absolute atomic E-state index is 11.4. The molecule has 0 spiro atoms. The maximum atomic E-state index is 11.4. The van der Waals surface area contributed by atoms with Gasteiger partial charge in [-0.3, -0.25) is 9.59 Å². The second-order valence-corrected chi connectivity index (χ2v) is 9.45. The van der Waals surface area contributed by atoms with Crippen molar-refractivity contribution in [1.82, 2.24) is 0 Å². The summed E-state index contributed by atoms with van der Waals surface area (Å²) in [7, 11) is 0. The molecule has 0 unspecified atom stereocenters. The third-order valence-electron chi connectivity index (χ3n) is 5.45. The quantitative estimate of drug-likeness (QED) is 0.382. The van der Waals surface area contributed by atoms with Gasteiger partial charge in [-0.2, -0.15) is 0 Å². The van der Waals surface area contributed by atoms with Crippen LogP contribution in [0.25, 0.3) is 0 Å². The lowest BCUT2D eigenvalue weighted by molar-refractivity contribution is -0.117. The highest BCUT2D eigenvalue weighted by Crippen LogP contribution is 2.32. The molecule has 3 aromatic rings. The lowest BCUT2D eigenvalue weighted by Gasteiger charge is -2.18. The lowest BCUT2D eigenvalue weighted by atomic mass is 9.97. The molecule has 2 amide bonds. The molecule has 0 saturated carbocycles. The normalized spacial score (nSPS) is 14.3. The molecule has 0 atom stereocenters. The van der Waals surface area contributed by atoms with Gasteiger partial charge in [0.1, 0.15) is 0 Å². The zero-order valence-corrected chi connectivity index (χ0v) is 20.3. The number of rotatable bonds is 2. The molecule has 0 aliphatic carbocycles. The van der Waals surface area contributed by atoms with Gasteiger partial charge in [-0.25, -0.2) is 0 Å². The van der Waals surface area contributed by atoms with Crippen molar-refractivity contribution >= 4 is 62.3 Å². The topological polar surface area (TPSA) is 58.2 Å². The van der Waals surface area contributed by atoms with Gasteiger partial charge in [0.15, 0.2) is 0 Å². The van der Waals surface area contributed by atoms with Crippen LogP contribution in [-0.4, -0.2) is 11.8 Å². The Kier molecular flexibility index (Phi) is 7.19. The smallest absolute Gasteiger partial charge is 0.224 e. The predicted octanol–water partition coefficient (Wildman–Crippen LogP) is 6.80. The first-order chi connectivity index (χ1) is 15.4. The summed E-state index contributed by atoms with van der Waals surface area (Å²) >= 11 is 15.5. The summed E-state index contributed by atoms with van der Waals surface area (Å²) < 4.78 is 0.879. The summed E-state index contributed by atoms with van der Waals surface area (Å²) in [5.74, 6) is 0.130. The van der Waals surface area contributed by atoms with Gasteiger partial charge in [0.25, 0.3) is 0 Å². The molecule has 2 aliphatic heterocycles. The van der Waals surface area contributed by atoms with Gasteiger partial charge in [-0.15, -0.1) is 0 Å². The van der Waals surface area contributed by atoms with E-state index in [9.17, 15) is 9.59 Å². The fourth-order valence-corrected chi connectivity index (χ4v) is 4.56. The van der Waals surface area contributed by atoms with Crippen molar-refractivity contribution in [3.05, 3.63) is 91.4 Å². The van der Waals surface area contributed by atoms with E-state index in [4.69, 9.17) is 23.2 Å². The SMILES string of the molecule is O=C1CCc2cc(Br)c(Cl)cc2N1.O=C1CCc2cc(Cc3ccccc3)c(Cl)cc2N1. The minimum absolute atomic E-state index is 0.0610. The molecular formula is C25H21BrCl2N2O2. The number of benzene rings is 3. The maximum Gasteiger partial charge on any atom is 0.224 e. The molecule has 0 fully saturated rings. The number of halogens is 3. The molecule has 32 heavy (non-hydrogen) atoms. The Morgan fingerprint density at radius 3 is 1.94 bits per heavy atom. The molecule has 4 nitrogen and oxygen atoms in total. The van der Waals surface area contributed by atoms with E-state index in [2.05, 4.69) is 44.8 Å². The fraction of sp³-hybridized carbons (Fsp3) is 0.200. The summed E-state index contributed by atoms with van der Waals surface area (Å²) in [5.41, 5.74) is 6.36. The van der Waals surface area contributed by atoms with Crippen LogP contribution in [0, 0.1) is 0 Å². The summed E-state index contributed by atoms with van der Waals surface area (Å²) in [6.45, 7) is 0. The number of anilines is 2. The Labute approximate surface area is 205 Å². The summed E-state index contributed by atoms with van der Waals surface area (Å²) in [5, 5.41) is 6.99. The molecule has 0 radical (unpaired) electrons. The van der Waals surface area contributed by atoms with Crippen LogP contribution in [0.1, 0.15) is 35.1 Å². The van der Waals surface area contributed by atoms with E-state index >= 15 is 0 Å². The van der Waals surface area contributed by atoms with Crippen LogP contribution in [0.5, 0.6) is 0 Å². The van der Waals surface area contributed by atoms with E-state index in [1.807, 2.05) is 30.3 Å². The van der Waals surface area contributed by atoms with Gasteiger partial charge in [-0.05, 0) is 75.6 Å². The molecular weight excluding hydrogens is 511 g/mol. The Hall–Kier alpha value is -2.34. The monoisotopic (exact) mass is 530 g/mol. The molecule has 5 rings (SSSR count). The van der Waals surface area contributed by atoms with Crippen molar-refractivity contribution in [3.63, 3.8) is 0 Å². The first-order valence-corrected chi connectivity index (χ1v) is 11.9. The van der Waals surface area contributed by atoms with Gasteiger partial charge in [-0.1, -0.05) is 59.6 Å². The first-order valence-electron chi connectivity index (χ1n) is 10.3. The van der Waals surface area contributed by atoms with E-state index in [1.54, 1.807) is 6.07 Å². The Morgan fingerprint density at radius 1 is 0.750 bits per heavy atom. The molecule has 7 heteroatoms. The van der Waals surface area contributed by atoms with Crippen molar-refractivity contribution in [2.45, 2.75) is 32.1 Å². The average molecular weight is 532 g/mol. The van der Waals surface area contributed by atoms with Crippen molar-refractivity contribution < 1.29 is 9.59 Å². The van der Waals surface area contributed by atoms with Crippen LogP contribution in [0.15, 0.2) is 59.1 Å². The van der Waals surface area contributed by atoms with Crippen molar-refractivity contribution in [3.8, 4) is 0 Å². The second kappa shape index (κ2) is 10.1. The Balaban J connectivity index is 0.000000165. The number of carbonyl (C=O) groups excluding carboxylic acids is 2. The first kappa shape index (κ1) is 22.8. The van der Waals surface area contributed by atoms with Crippen LogP contribution in [0.3, 0.4) is 0 Å². The molecule has 2 heterocycles. The molecule has 0 bridgehead atoms. The summed E-state index contributed by atoms with van der Waals surface area (Å²) in [6.07, 6.45) is 3.51. The number of hydrogen-bond donors (Lipinski definition) is 2. The highest BCUT2D eigenvalue weighted by molar-refractivity contribution is 9.10. The van der Waals surface area contributed by atoms with Gasteiger partial charge in [0.05, 0.1) is 5.02 Å². The molecule has 164 valence electrons. The Bertz CT molecular complexity index is 1180. The molecule has 3 aromatic carbocycles. The fourth-order valence-electron chi connectivity index (χ4n) is 3.78. The summed E-state index contributed by atoms with van der Waals surface area (Å²) in [4.78, 5) is 22.4. The number of hydrogen-bond acceptors (Lipinski definition) is 2. The van der Waals surface area contributed by atoms with Crippen molar-refractivity contribution in [2.24, 2.45) is 0 Å². The number of aryl methyl sites for hydroxylation is 2. The van der Waals surface area contributed by atoms with Crippen LogP contribution in [0.4, 0.5) is 11.4 Å². The number of carbonyl (C=O) groups is 2. The minimum Gasteiger partial charge on any atom is -0.326 e. The van der Waals surface area contributed by atoms with Gasteiger partial charge >= 0.3 is 0 Å². The third-order valence-corrected chi connectivity index (χ3v) is 7.00. The molecule has 2 aliphatic rings. The van der Waals surface area contributed by atoms with E-state index in [0.717, 1.165) is 46.2 Å². The second-order valence-electron chi connectivity index (χ2n) is 7.78. The molecule has 0 saturated heterocycles. The molecule has 0 aromatic heterocycles. The van der Waals surface area contributed by atoms with E-state index in [1.165, 1.54) is 11.1 Å². The number of fused-ring (bicyclic) bond motifs is 2. The zero-order valence-electron chi connectivity index (χ0n) is 17.2. The highest BCUT2D eigenvalue weighted by atomic mass is 79.9. The zero-order chi connectivity index (χ0) is 22.7. The van der Waals surface area contributed by atoms with E-state index < -0.39 is 0 Å². The van der Waals surface area contributed by atoms with Gasteiger partial charge in [0.2, 0.25) is 11.8 Å². The standard InChI is InChI=1S/C16H14ClNO.C9H7BrClNO/c17-14-10-15-12(6-7-16(19)18-15)9-13(14)8-11-4-2-1-3-5-11;10-6-3-5-1-2-9(13)12-8(5)4-7(6)11/h1-5,9-10H,6-8H2,(H,18,19);3-4H,1-2H2,(H,12,13). The highest BCUT2D eigenvalue weighted by Gasteiger charge is 2.17. The summed E-state index contributed by atoms with van der Waals surface area (Å²) in [6, 6.07) is 18.0. The average Bonchev–Trinajstić information content (AvgIpc) is 2.77. The van der Waals surface area contributed by atoms with Crippen LogP contribution in [0.2, 0.25) is 10.0 Å². The predicted molar refractivity (Wildman–Crippen MR) is 134 cm³/mol. The third kappa shape index (κ3) is 5.52. The minimum atomic E-state index is 0.0610. The largest absolute Gasteiger partial charge is 0.326 e. The number of amides is 2. The van der Waals surface area contributed by atoms with Crippen LogP contribution < -0.4 is 10.6 Å². The van der Waals surface area contributed by atoms with E-state index in [0.29, 0.717) is 22.9 Å². The molecule has 2 N–H and O–H groups in total. The number of nitrogens with one attached hydrogen (secondary N) is 2. The van der Waals surface area contributed by atoms with Gasteiger partial charge < -0.3 is 10.6 Å². The van der Waals surface area contributed by atoms with Crippen molar-refractivity contribution in [1.29, 1.82) is 0 Å². The van der Waals surface area contributed by atoms with E-state index in [-0.39, 0.29) is 11.8 Å². The van der Waals surface area contributed by atoms with Crippen LogP contribution in [-0.2, 0) is 28.9 Å². The Morgan fingerprint density at radius 2 is 1.31 bits per heavy atom. The van der Waals surface area contributed by atoms with Crippen molar-refractivity contribution in [2.75, 3.05) is 10.6 Å². The lowest BCUT2D eigenvalue weighted by Crippen LogP contribution is -2.19. The van der Waals surface area contributed by atoms with Gasteiger partial charge in [0, 0.05) is 33.7 Å². The van der Waals surface area contributed by atoms with Crippen LogP contribution >= 0.6 is 39.1 Å².